The van der Waals surface area contributed by atoms with Crippen molar-refractivity contribution in [3.63, 3.8) is 0 Å². The van der Waals surface area contributed by atoms with E-state index in [0.29, 0.717) is 36.1 Å². The summed E-state index contributed by atoms with van der Waals surface area (Å²) in [4.78, 5) is 4.23. The van der Waals surface area contributed by atoms with Gasteiger partial charge in [-0.2, -0.15) is 0 Å². The van der Waals surface area contributed by atoms with Crippen molar-refractivity contribution in [1.82, 2.24) is 9.80 Å². The monoisotopic (exact) mass is 584 g/mol. The van der Waals surface area contributed by atoms with Gasteiger partial charge < -0.3 is 39.7 Å². The van der Waals surface area contributed by atoms with Crippen molar-refractivity contribution in [1.29, 1.82) is 0 Å². The number of allylic oxidation sites excluding steroid dienone is 4. The van der Waals surface area contributed by atoms with E-state index in [2.05, 4.69) is 46.5 Å². The Labute approximate surface area is 253 Å². The van der Waals surface area contributed by atoms with Gasteiger partial charge in [0.1, 0.15) is 34.5 Å². The second-order valence-electron chi connectivity index (χ2n) is 10.1. The summed E-state index contributed by atoms with van der Waals surface area (Å²) in [5, 5.41) is 36.3. The SMILES string of the molecule is OCCN1C=CC(CCCC2=CCN(CCO)C=C2)=CC1.Oc1ccc(Oc2cccc(Oc3ccc(O)cc3)c2)cc1. The van der Waals surface area contributed by atoms with Crippen LogP contribution < -0.4 is 9.47 Å². The van der Waals surface area contributed by atoms with Crippen molar-refractivity contribution in [3.05, 3.63) is 121 Å². The molecule has 2 heterocycles. The van der Waals surface area contributed by atoms with Crippen LogP contribution in [0.2, 0.25) is 0 Å². The van der Waals surface area contributed by atoms with Gasteiger partial charge in [-0.05, 0) is 116 Å². The van der Waals surface area contributed by atoms with Gasteiger partial charge in [0.05, 0.1) is 13.2 Å². The van der Waals surface area contributed by atoms with Gasteiger partial charge in [0.15, 0.2) is 0 Å². The minimum absolute atomic E-state index is 0.191. The van der Waals surface area contributed by atoms with Crippen molar-refractivity contribution >= 4 is 0 Å². The van der Waals surface area contributed by atoms with Crippen LogP contribution in [0.4, 0.5) is 0 Å². The lowest BCUT2D eigenvalue weighted by Crippen LogP contribution is -2.23. The fraction of sp³-hybridized carbons (Fsp3) is 0.257. The molecule has 0 bridgehead atoms. The number of aromatic hydroxyl groups is 2. The highest BCUT2D eigenvalue weighted by Gasteiger charge is 2.07. The molecule has 4 N–H and O–H groups in total. The first-order valence-corrected chi connectivity index (χ1v) is 14.5. The Hall–Kier alpha value is -4.66. The van der Waals surface area contributed by atoms with E-state index in [4.69, 9.17) is 19.7 Å². The molecule has 0 aliphatic carbocycles. The number of hydrogen-bond acceptors (Lipinski definition) is 8. The molecular weight excluding hydrogens is 544 g/mol. The molecule has 0 aromatic heterocycles. The van der Waals surface area contributed by atoms with Crippen LogP contribution in [0.3, 0.4) is 0 Å². The molecule has 3 aromatic carbocycles. The first-order valence-electron chi connectivity index (χ1n) is 14.5. The minimum Gasteiger partial charge on any atom is -0.508 e. The van der Waals surface area contributed by atoms with Gasteiger partial charge in [-0.25, -0.2) is 0 Å². The molecule has 0 amide bonds. The first kappa shape index (κ1) is 31.3. The molecule has 8 heteroatoms. The normalized spacial score (nSPS) is 14.0. The van der Waals surface area contributed by atoms with E-state index in [1.807, 2.05) is 18.2 Å². The third kappa shape index (κ3) is 10.9. The number of nitrogens with zero attached hydrogens (tertiary/aromatic N) is 2. The van der Waals surface area contributed by atoms with Gasteiger partial charge in [0.25, 0.3) is 0 Å². The van der Waals surface area contributed by atoms with Gasteiger partial charge in [-0.3, -0.25) is 0 Å². The van der Waals surface area contributed by atoms with E-state index in [1.165, 1.54) is 11.1 Å². The molecule has 2 aliphatic rings. The summed E-state index contributed by atoms with van der Waals surface area (Å²) >= 11 is 0. The second kappa shape index (κ2) is 16.7. The first-order chi connectivity index (χ1) is 21.0. The topological polar surface area (TPSA) is 106 Å². The number of benzene rings is 3. The van der Waals surface area contributed by atoms with Crippen molar-refractivity contribution in [2.45, 2.75) is 19.3 Å². The third-order valence-electron chi connectivity index (χ3n) is 6.83. The molecule has 2 aliphatic heterocycles. The van der Waals surface area contributed by atoms with Gasteiger partial charge in [-0.15, -0.1) is 0 Å². The highest BCUT2D eigenvalue weighted by atomic mass is 16.5. The zero-order valence-electron chi connectivity index (χ0n) is 24.3. The number of phenolic OH excluding ortho intramolecular Hbond substituents is 2. The van der Waals surface area contributed by atoms with E-state index < -0.39 is 0 Å². The van der Waals surface area contributed by atoms with E-state index in [1.54, 1.807) is 54.6 Å². The maximum absolute atomic E-state index is 9.26. The summed E-state index contributed by atoms with van der Waals surface area (Å²) in [6.45, 7) is 3.66. The van der Waals surface area contributed by atoms with E-state index in [-0.39, 0.29) is 24.7 Å². The molecular formula is C35H40N2O6. The Kier molecular flexibility index (Phi) is 12.1. The number of rotatable bonds is 12. The summed E-state index contributed by atoms with van der Waals surface area (Å²) in [5.74, 6) is 2.89. The number of aliphatic hydroxyl groups is 2. The lowest BCUT2D eigenvalue weighted by Gasteiger charge is -2.22. The summed E-state index contributed by atoms with van der Waals surface area (Å²) < 4.78 is 11.4. The highest BCUT2D eigenvalue weighted by Crippen LogP contribution is 2.29. The molecule has 43 heavy (non-hydrogen) atoms. The van der Waals surface area contributed by atoms with Crippen LogP contribution in [0, 0.1) is 0 Å². The summed E-state index contributed by atoms with van der Waals surface area (Å²) in [6.07, 6.45) is 16.4. The van der Waals surface area contributed by atoms with E-state index in [0.717, 1.165) is 32.4 Å². The van der Waals surface area contributed by atoms with Crippen molar-refractivity contribution < 1.29 is 29.9 Å². The van der Waals surface area contributed by atoms with Crippen molar-refractivity contribution in [3.8, 4) is 34.5 Å². The van der Waals surface area contributed by atoms with Crippen LogP contribution in [0.25, 0.3) is 0 Å². The Balaban J connectivity index is 0.000000197. The Morgan fingerprint density at radius 2 is 1.02 bits per heavy atom. The van der Waals surface area contributed by atoms with Gasteiger partial charge in [0.2, 0.25) is 0 Å². The highest BCUT2D eigenvalue weighted by molar-refractivity contribution is 5.41. The Morgan fingerprint density at radius 1 is 0.581 bits per heavy atom. The molecule has 0 saturated heterocycles. The molecule has 0 atom stereocenters. The fourth-order valence-electron chi connectivity index (χ4n) is 4.49. The van der Waals surface area contributed by atoms with Crippen molar-refractivity contribution in [2.24, 2.45) is 0 Å². The fourth-order valence-corrected chi connectivity index (χ4v) is 4.49. The Bertz CT molecular complexity index is 1290. The standard InChI is InChI=1S/C18H14O4.C17H26N2O2/c19-13-4-8-15(9-5-13)21-17-2-1-3-18(12-17)22-16-10-6-14(20)7-11-16;20-14-12-18-8-4-16(5-9-18)2-1-3-17-6-10-19(11-7-17)13-15-21/h1-12,19-20H;4-8,10,20-21H,1-3,9,11-15H2. The molecule has 0 unspecified atom stereocenters. The Morgan fingerprint density at radius 3 is 1.40 bits per heavy atom. The number of β-amino-alcohol motifs (C(OH)–C–C–N with tert-alkyl or cyclic N) is 2. The van der Waals surface area contributed by atoms with Crippen LogP contribution >= 0.6 is 0 Å². The maximum atomic E-state index is 9.26. The predicted octanol–water partition coefficient (Wildman–Crippen LogP) is 6.34. The van der Waals surface area contributed by atoms with Crippen LogP contribution in [0.5, 0.6) is 34.5 Å². The lowest BCUT2D eigenvalue weighted by molar-refractivity contribution is 0.244. The summed E-state index contributed by atoms with van der Waals surface area (Å²) in [5.41, 5.74) is 2.79. The van der Waals surface area contributed by atoms with E-state index in [9.17, 15) is 10.2 Å². The molecule has 0 fully saturated rings. The van der Waals surface area contributed by atoms with Gasteiger partial charge in [-0.1, -0.05) is 18.2 Å². The van der Waals surface area contributed by atoms with Crippen LogP contribution in [0.15, 0.2) is 121 Å². The largest absolute Gasteiger partial charge is 0.508 e. The van der Waals surface area contributed by atoms with Crippen LogP contribution in [0.1, 0.15) is 19.3 Å². The third-order valence-corrected chi connectivity index (χ3v) is 6.83. The van der Waals surface area contributed by atoms with Crippen LogP contribution in [-0.2, 0) is 0 Å². The van der Waals surface area contributed by atoms with E-state index >= 15 is 0 Å². The zero-order chi connectivity index (χ0) is 30.3. The summed E-state index contributed by atoms with van der Waals surface area (Å²) in [7, 11) is 0. The molecule has 0 spiro atoms. The van der Waals surface area contributed by atoms with Crippen LogP contribution in [-0.4, -0.2) is 69.6 Å². The maximum Gasteiger partial charge on any atom is 0.131 e. The summed E-state index contributed by atoms with van der Waals surface area (Å²) in [6, 6.07) is 20.2. The quantitative estimate of drug-likeness (QED) is 0.196. The minimum atomic E-state index is 0.191. The van der Waals surface area contributed by atoms with Gasteiger partial charge >= 0.3 is 0 Å². The second-order valence-corrected chi connectivity index (χ2v) is 10.1. The lowest BCUT2D eigenvalue weighted by atomic mass is 10.0. The molecule has 5 rings (SSSR count). The molecule has 3 aromatic rings. The number of phenols is 2. The smallest absolute Gasteiger partial charge is 0.131 e. The average Bonchev–Trinajstić information content (AvgIpc) is 3.02. The molecule has 8 nitrogen and oxygen atoms in total. The van der Waals surface area contributed by atoms with Crippen molar-refractivity contribution in [2.75, 3.05) is 39.4 Å². The molecule has 0 radical (unpaired) electrons. The zero-order valence-corrected chi connectivity index (χ0v) is 24.3. The average molecular weight is 585 g/mol. The molecule has 226 valence electrons. The number of hydrogen-bond donors (Lipinski definition) is 4. The van der Waals surface area contributed by atoms with Gasteiger partial charge in [0, 0.05) is 32.2 Å². The molecule has 0 saturated carbocycles. The number of aliphatic hydroxyl groups excluding tert-OH is 2. The predicted molar refractivity (Wildman–Crippen MR) is 168 cm³/mol. The number of ether oxygens (including phenoxy) is 2.